The van der Waals surface area contributed by atoms with E-state index in [1.165, 1.54) is 0 Å². The van der Waals surface area contributed by atoms with E-state index in [2.05, 4.69) is 5.32 Å². The second kappa shape index (κ2) is 6.17. The number of carbonyl (C=O) groups is 1. The third-order valence-corrected chi connectivity index (χ3v) is 5.15. The summed E-state index contributed by atoms with van der Waals surface area (Å²) in [6.45, 7) is 1.57. The minimum atomic E-state index is -3.02. The smallest absolute Gasteiger partial charge is 0.224 e. The highest BCUT2D eigenvalue weighted by atomic mass is 32.2. The molecular formula is C11H20N2O5S. The largest absolute Gasteiger partial charge is 0.394 e. The van der Waals surface area contributed by atoms with E-state index in [0.717, 1.165) is 0 Å². The second-order valence-electron chi connectivity index (χ2n) is 4.98. The van der Waals surface area contributed by atoms with Crippen LogP contribution in [0.4, 0.5) is 0 Å². The molecule has 0 aromatic carbocycles. The standard InChI is InChI=1S/C11H20N2O5S/c14-7-10-6-13(2-3-18-10)11(15)5-9-8-19(16,17)4-1-12-9/h9-10,12,14H,1-8H2. The van der Waals surface area contributed by atoms with Crippen LogP contribution in [0.15, 0.2) is 0 Å². The molecule has 0 radical (unpaired) electrons. The predicted molar refractivity (Wildman–Crippen MR) is 68.5 cm³/mol. The molecular weight excluding hydrogens is 272 g/mol. The fourth-order valence-corrected chi connectivity index (χ4v) is 3.84. The van der Waals surface area contributed by atoms with Crippen molar-refractivity contribution in [1.29, 1.82) is 0 Å². The van der Waals surface area contributed by atoms with Gasteiger partial charge < -0.3 is 20.1 Å². The zero-order valence-electron chi connectivity index (χ0n) is 10.7. The molecule has 0 aliphatic carbocycles. The normalized spacial score (nSPS) is 31.1. The van der Waals surface area contributed by atoms with Crippen LogP contribution in [0, 0.1) is 0 Å². The summed E-state index contributed by atoms with van der Waals surface area (Å²) in [5, 5.41) is 12.1. The average Bonchev–Trinajstić information content (AvgIpc) is 2.37. The number of aliphatic hydroxyl groups excluding tert-OH is 1. The van der Waals surface area contributed by atoms with E-state index in [4.69, 9.17) is 9.84 Å². The SMILES string of the molecule is O=C(CC1CS(=O)(=O)CCN1)N1CCOC(CO)C1. The third kappa shape index (κ3) is 4.13. The predicted octanol–water partition coefficient (Wildman–Crippen LogP) is -2.02. The van der Waals surface area contributed by atoms with Crippen LogP contribution in [0.2, 0.25) is 0 Å². The lowest BCUT2D eigenvalue weighted by atomic mass is 10.2. The van der Waals surface area contributed by atoms with Crippen LogP contribution in [0.5, 0.6) is 0 Å². The fraction of sp³-hybridized carbons (Fsp3) is 0.909. The molecule has 2 rings (SSSR count). The number of nitrogens with zero attached hydrogens (tertiary/aromatic N) is 1. The molecule has 7 nitrogen and oxygen atoms in total. The summed E-state index contributed by atoms with van der Waals surface area (Å²) in [5.41, 5.74) is 0. The zero-order chi connectivity index (χ0) is 13.9. The van der Waals surface area contributed by atoms with Crippen molar-refractivity contribution in [2.45, 2.75) is 18.6 Å². The molecule has 0 bridgehead atoms. The molecule has 0 saturated carbocycles. The third-order valence-electron chi connectivity index (χ3n) is 3.42. The molecule has 2 N–H and O–H groups in total. The maximum Gasteiger partial charge on any atom is 0.224 e. The Balaban J connectivity index is 1.86. The summed E-state index contributed by atoms with van der Waals surface area (Å²) in [7, 11) is -3.02. The van der Waals surface area contributed by atoms with E-state index >= 15 is 0 Å². The Morgan fingerprint density at radius 1 is 1.47 bits per heavy atom. The summed E-state index contributed by atoms with van der Waals surface area (Å²) in [4.78, 5) is 13.7. The molecule has 0 aromatic heterocycles. The number of hydrogen-bond donors (Lipinski definition) is 2. The van der Waals surface area contributed by atoms with E-state index in [9.17, 15) is 13.2 Å². The topological polar surface area (TPSA) is 95.9 Å². The van der Waals surface area contributed by atoms with Gasteiger partial charge in [-0.05, 0) is 0 Å². The summed E-state index contributed by atoms with van der Waals surface area (Å²) in [6.07, 6.45) is -0.155. The second-order valence-corrected chi connectivity index (χ2v) is 7.21. The van der Waals surface area contributed by atoms with E-state index in [-0.39, 0.29) is 42.6 Å². The van der Waals surface area contributed by atoms with Crippen molar-refractivity contribution in [2.24, 2.45) is 0 Å². The molecule has 0 spiro atoms. The quantitative estimate of drug-likeness (QED) is 0.623. The van der Waals surface area contributed by atoms with E-state index in [1.54, 1.807) is 4.90 Å². The van der Waals surface area contributed by atoms with Gasteiger partial charge in [0.2, 0.25) is 5.91 Å². The highest BCUT2D eigenvalue weighted by molar-refractivity contribution is 7.91. The Bertz CT molecular complexity index is 425. The van der Waals surface area contributed by atoms with Gasteiger partial charge in [0, 0.05) is 32.1 Å². The molecule has 2 heterocycles. The molecule has 8 heteroatoms. The Morgan fingerprint density at radius 3 is 2.95 bits per heavy atom. The first-order valence-electron chi connectivity index (χ1n) is 6.44. The summed E-state index contributed by atoms with van der Waals surface area (Å²) in [6, 6.07) is -0.304. The zero-order valence-corrected chi connectivity index (χ0v) is 11.6. The number of sulfone groups is 1. The number of hydrogen-bond acceptors (Lipinski definition) is 6. The van der Waals surface area contributed by atoms with Crippen LogP contribution in [-0.2, 0) is 19.4 Å². The molecule has 19 heavy (non-hydrogen) atoms. The van der Waals surface area contributed by atoms with E-state index < -0.39 is 9.84 Å². The summed E-state index contributed by atoms with van der Waals surface area (Å²) in [5.74, 6) is 0.0743. The molecule has 1 amide bonds. The van der Waals surface area contributed by atoms with Crippen LogP contribution in [0.25, 0.3) is 0 Å². The van der Waals surface area contributed by atoms with Gasteiger partial charge in [-0.1, -0.05) is 0 Å². The van der Waals surface area contributed by atoms with Gasteiger partial charge in [0.25, 0.3) is 0 Å². The van der Waals surface area contributed by atoms with Gasteiger partial charge in [0.15, 0.2) is 9.84 Å². The molecule has 2 atom stereocenters. The van der Waals surface area contributed by atoms with Crippen molar-refractivity contribution in [1.82, 2.24) is 10.2 Å². The Kier molecular flexibility index (Phi) is 4.77. The van der Waals surface area contributed by atoms with Gasteiger partial charge in [-0.3, -0.25) is 4.79 Å². The molecule has 2 aliphatic heterocycles. The van der Waals surface area contributed by atoms with Gasteiger partial charge in [0.05, 0.1) is 30.8 Å². The maximum absolute atomic E-state index is 12.1. The van der Waals surface area contributed by atoms with E-state index in [1.807, 2.05) is 0 Å². The highest BCUT2D eigenvalue weighted by Crippen LogP contribution is 2.10. The summed E-state index contributed by atoms with van der Waals surface area (Å²) >= 11 is 0. The van der Waals surface area contributed by atoms with Crippen molar-refractivity contribution in [3.8, 4) is 0 Å². The molecule has 2 fully saturated rings. The van der Waals surface area contributed by atoms with Gasteiger partial charge >= 0.3 is 0 Å². The maximum atomic E-state index is 12.1. The van der Waals surface area contributed by atoms with Gasteiger partial charge in [0.1, 0.15) is 0 Å². The number of amides is 1. The molecule has 2 saturated heterocycles. The first-order chi connectivity index (χ1) is 9.00. The Morgan fingerprint density at radius 2 is 2.26 bits per heavy atom. The lowest BCUT2D eigenvalue weighted by Gasteiger charge is -2.33. The number of ether oxygens (including phenoxy) is 1. The van der Waals surface area contributed by atoms with Crippen molar-refractivity contribution >= 4 is 15.7 Å². The first-order valence-corrected chi connectivity index (χ1v) is 8.26. The first kappa shape index (κ1) is 14.7. The number of rotatable bonds is 3. The van der Waals surface area contributed by atoms with Gasteiger partial charge in [-0.15, -0.1) is 0 Å². The van der Waals surface area contributed by atoms with Crippen LogP contribution in [-0.4, -0.2) is 80.8 Å². The Hall–Kier alpha value is -0.700. The minimum Gasteiger partial charge on any atom is -0.394 e. The van der Waals surface area contributed by atoms with Crippen LogP contribution in [0.3, 0.4) is 0 Å². The van der Waals surface area contributed by atoms with E-state index in [0.29, 0.717) is 26.2 Å². The van der Waals surface area contributed by atoms with Crippen molar-refractivity contribution in [3.63, 3.8) is 0 Å². The van der Waals surface area contributed by atoms with Gasteiger partial charge in [-0.2, -0.15) is 0 Å². The van der Waals surface area contributed by atoms with Crippen LogP contribution >= 0.6 is 0 Å². The number of aliphatic hydroxyl groups is 1. The number of morpholine rings is 1. The monoisotopic (exact) mass is 292 g/mol. The summed E-state index contributed by atoms with van der Waals surface area (Å²) < 4.78 is 28.3. The minimum absolute atomic E-state index is 0.0203. The van der Waals surface area contributed by atoms with Crippen molar-refractivity contribution in [3.05, 3.63) is 0 Å². The lowest BCUT2D eigenvalue weighted by Crippen LogP contribution is -2.51. The van der Waals surface area contributed by atoms with Crippen molar-refractivity contribution in [2.75, 3.05) is 44.4 Å². The molecule has 110 valence electrons. The van der Waals surface area contributed by atoms with Crippen LogP contribution in [0.1, 0.15) is 6.42 Å². The Labute approximate surface area is 112 Å². The lowest BCUT2D eigenvalue weighted by molar-refractivity contribution is -0.140. The molecule has 2 aliphatic rings. The fourth-order valence-electron chi connectivity index (χ4n) is 2.39. The van der Waals surface area contributed by atoms with Crippen LogP contribution < -0.4 is 5.32 Å². The highest BCUT2D eigenvalue weighted by Gasteiger charge is 2.29. The number of carbonyl (C=O) groups excluding carboxylic acids is 1. The number of nitrogens with one attached hydrogen (secondary N) is 1. The average molecular weight is 292 g/mol. The molecule has 0 aromatic rings. The van der Waals surface area contributed by atoms with Crippen molar-refractivity contribution < 1.29 is 23.1 Å². The molecule has 2 unspecified atom stereocenters. The van der Waals surface area contributed by atoms with Gasteiger partial charge in [-0.25, -0.2) is 8.42 Å².